The van der Waals surface area contributed by atoms with Crippen molar-refractivity contribution in [3.63, 3.8) is 0 Å². The summed E-state index contributed by atoms with van der Waals surface area (Å²) < 4.78 is 8.19. The van der Waals surface area contributed by atoms with Crippen molar-refractivity contribution in [2.75, 3.05) is 0 Å². The van der Waals surface area contributed by atoms with Gasteiger partial charge in [0.05, 0.1) is 24.5 Å². The second-order valence-corrected chi connectivity index (χ2v) is 7.44. The average Bonchev–Trinajstić information content (AvgIpc) is 3.26. The Bertz CT molecular complexity index is 1140. The zero-order chi connectivity index (χ0) is 20.4. The summed E-state index contributed by atoms with van der Waals surface area (Å²) in [4.78, 5) is 26.0. The van der Waals surface area contributed by atoms with E-state index in [1.54, 1.807) is 37.8 Å². The monoisotopic (exact) mass is 392 g/mol. The van der Waals surface area contributed by atoms with Crippen molar-refractivity contribution < 1.29 is 14.4 Å². The van der Waals surface area contributed by atoms with Crippen LogP contribution in [0.3, 0.4) is 0 Å². The van der Waals surface area contributed by atoms with Gasteiger partial charge in [-0.25, -0.2) is 14.5 Å². The molecule has 4 rings (SSSR count). The molecule has 0 saturated carbocycles. The van der Waals surface area contributed by atoms with Crippen molar-refractivity contribution in [2.45, 2.75) is 32.9 Å². The molecule has 3 heterocycles. The van der Waals surface area contributed by atoms with Crippen molar-refractivity contribution in [3.05, 3.63) is 60.7 Å². The van der Waals surface area contributed by atoms with Gasteiger partial charge < -0.3 is 4.74 Å². The predicted molar refractivity (Wildman–Crippen MR) is 105 cm³/mol. The molecular weight excluding hydrogens is 372 g/mol. The maximum absolute atomic E-state index is 12.1. The van der Waals surface area contributed by atoms with Gasteiger partial charge >= 0.3 is 6.16 Å². The van der Waals surface area contributed by atoms with Gasteiger partial charge in [0.2, 0.25) is 0 Å². The first kappa shape index (κ1) is 18.6. The fraction of sp³-hybridized carbons (Fsp3) is 0.250. The van der Waals surface area contributed by atoms with Gasteiger partial charge in [0.15, 0.2) is 5.65 Å². The number of aromatic nitrogens is 6. The maximum atomic E-state index is 12.1. The molecule has 9 nitrogen and oxygen atoms in total. The lowest BCUT2D eigenvalue weighted by atomic mass is 10.2. The summed E-state index contributed by atoms with van der Waals surface area (Å²) in [6.07, 6.45) is 5.67. The second kappa shape index (κ2) is 7.34. The molecule has 4 aromatic rings. The molecule has 0 aliphatic rings. The van der Waals surface area contributed by atoms with E-state index in [-0.39, 0.29) is 0 Å². The fourth-order valence-corrected chi connectivity index (χ4v) is 2.80. The van der Waals surface area contributed by atoms with Gasteiger partial charge in [-0.2, -0.15) is 4.73 Å². The number of fused-ring (bicyclic) bond motifs is 1. The number of ether oxygens (including phenoxy) is 1. The van der Waals surface area contributed by atoms with E-state index in [0.29, 0.717) is 29.0 Å². The Labute approximate surface area is 166 Å². The van der Waals surface area contributed by atoms with Crippen LogP contribution < -0.4 is 4.84 Å². The molecule has 0 aliphatic carbocycles. The molecule has 0 radical (unpaired) electrons. The molecule has 29 heavy (non-hydrogen) atoms. The molecule has 0 bridgehead atoms. The Morgan fingerprint density at radius 3 is 2.59 bits per heavy atom. The fourth-order valence-electron chi connectivity index (χ4n) is 2.80. The van der Waals surface area contributed by atoms with Crippen molar-refractivity contribution in [2.24, 2.45) is 0 Å². The normalized spacial score (nSPS) is 11.6. The first-order chi connectivity index (χ1) is 13.9. The van der Waals surface area contributed by atoms with Crippen LogP contribution in [0, 0.1) is 0 Å². The molecule has 0 amide bonds. The van der Waals surface area contributed by atoms with E-state index in [0.717, 1.165) is 5.56 Å². The van der Waals surface area contributed by atoms with Crippen LogP contribution in [0.15, 0.2) is 55.1 Å². The first-order valence-corrected chi connectivity index (χ1v) is 9.07. The van der Waals surface area contributed by atoms with Crippen LogP contribution in [0.5, 0.6) is 0 Å². The first-order valence-electron chi connectivity index (χ1n) is 9.07. The second-order valence-electron chi connectivity index (χ2n) is 7.44. The average molecular weight is 392 g/mol. The summed E-state index contributed by atoms with van der Waals surface area (Å²) in [5.74, 6) is 0. The molecule has 0 atom stereocenters. The molecule has 3 aromatic heterocycles. The number of nitrogens with zero attached hydrogens (tertiary/aromatic N) is 6. The van der Waals surface area contributed by atoms with Crippen LogP contribution in [0.25, 0.3) is 22.4 Å². The van der Waals surface area contributed by atoms with Gasteiger partial charge in [-0.1, -0.05) is 35.5 Å². The van der Waals surface area contributed by atoms with Crippen molar-refractivity contribution >= 4 is 17.3 Å². The highest BCUT2D eigenvalue weighted by molar-refractivity contribution is 5.89. The third-order valence-corrected chi connectivity index (χ3v) is 3.95. The van der Waals surface area contributed by atoms with E-state index >= 15 is 0 Å². The van der Waals surface area contributed by atoms with Crippen LogP contribution in [-0.2, 0) is 11.3 Å². The Morgan fingerprint density at radius 2 is 1.83 bits per heavy atom. The number of hydrogen-bond acceptors (Lipinski definition) is 7. The summed E-state index contributed by atoms with van der Waals surface area (Å²) in [6, 6.07) is 9.96. The Hall–Kier alpha value is -3.75. The lowest BCUT2D eigenvalue weighted by molar-refractivity contribution is -0.00894. The molecule has 0 unspecified atom stereocenters. The summed E-state index contributed by atoms with van der Waals surface area (Å²) in [7, 11) is 0. The summed E-state index contributed by atoms with van der Waals surface area (Å²) in [6.45, 7) is 5.88. The zero-order valence-corrected chi connectivity index (χ0v) is 16.3. The van der Waals surface area contributed by atoms with Gasteiger partial charge in [0.25, 0.3) is 0 Å². The van der Waals surface area contributed by atoms with Crippen molar-refractivity contribution in [3.8, 4) is 11.3 Å². The topological polar surface area (TPSA) is 97.0 Å². The van der Waals surface area contributed by atoms with Crippen LogP contribution in [0.4, 0.5) is 4.79 Å². The number of rotatable bonds is 4. The highest BCUT2D eigenvalue weighted by atomic mass is 16.8. The highest BCUT2D eigenvalue weighted by Crippen LogP contribution is 2.26. The third kappa shape index (κ3) is 4.23. The van der Waals surface area contributed by atoms with Gasteiger partial charge in [-0.15, -0.1) is 5.10 Å². The summed E-state index contributed by atoms with van der Waals surface area (Å²) in [5.41, 5.74) is 2.61. The highest BCUT2D eigenvalue weighted by Gasteiger charge is 2.22. The third-order valence-electron chi connectivity index (χ3n) is 3.95. The molecule has 0 fully saturated rings. The van der Waals surface area contributed by atoms with E-state index in [1.807, 2.05) is 36.5 Å². The van der Waals surface area contributed by atoms with Crippen LogP contribution >= 0.6 is 0 Å². The van der Waals surface area contributed by atoms with E-state index in [1.165, 1.54) is 10.9 Å². The molecule has 0 spiro atoms. The zero-order valence-electron chi connectivity index (χ0n) is 16.3. The summed E-state index contributed by atoms with van der Waals surface area (Å²) in [5, 5.41) is 8.43. The quantitative estimate of drug-likeness (QED) is 0.492. The Kier molecular flexibility index (Phi) is 4.71. The predicted octanol–water partition coefficient (Wildman–Crippen LogP) is 3.10. The number of carbonyl (C=O) groups excluding carboxylic acids is 1. The summed E-state index contributed by atoms with van der Waals surface area (Å²) >= 11 is 0. The number of hydrogen-bond donors (Lipinski definition) is 0. The lowest BCUT2D eigenvalue weighted by Gasteiger charge is -2.18. The Balaban J connectivity index is 1.64. The Morgan fingerprint density at radius 1 is 1.07 bits per heavy atom. The van der Waals surface area contributed by atoms with E-state index < -0.39 is 11.8 Å². The standard InChI is InChI=1S/C20H20N6O3/c1-20(2,3)28-19(27)29-26-12-15(17-18(26)22-10-9-21-17)16-13-25(24-23-16)11-14-7-5-4-6-8-14/h4-10,12-13H,11H2,1-3H3. The van der Waals surface area contributed by atoms with E-state index in [4.69, 9.17) is 9.57 Å². The molecule has 9 heteroatoms. The van der Waals surface area contributed by atoms with Crippen molar-refractivity contribution in [1.29, 1.82) is 0 Å². The van der Waals surface area contributed by atoms with E-state index in [2.05, 4.69) is 20.3 Å². The number of benzene rings is 1. The SMILES string of the molecule is CC(C)(C)OC(=O)On1cc(-c2cn(Cc3ccccc3)nn2)c2nccnc21. The maximum Gasteiger partial charge on any atom is 0.534 e. The van der Waals surface area contributed by atoms with Crippen LogP contribution in [0.1, 0.15) is 26.3 Å². The molecule has 0 saturated heterocycles. The lowest BCUT2D eigenvalue weighted by Crippen LogP contribution is -2.29. The largest absolute Gasteiger partial charge is 0.534 e. The van der Waals surface area contributed by atoms with Gasteiger partial charge in [0.1, 0.15) is 16.8 Å². The smallest absolute Gasteiger partial charge is 0.427 e. The minimum absolute atomic E-state index is 0.381. The minimum Gasteiger partial charge on any atom is -0.427 e. The molecule has 1 aromatic carbocycles. The molecule has 148 valence electrons. The molecule has 0 aliphatic heterocycles. The molecule has 0 N–H and O–H groups in total. The van der Waals surface area contributed by atoms with Crippen LogP contribution in [0.2, 0.25) is 0 Å². The number of carbonyl (C=O) groups is 1. The van der Waals surface area contributed by atoms with Crippen LogP contribution in [-0.4, -0.2) is 41.4 Å². The van der Waals surface area contributed by atoms with Gasteiger partial charge in [0, 0.05) is 12.4 Å². The van der Waals surface area contributed by atoms with Crippen molar-refractivity contribution in [1.82, 2.24) is 29.7 Å². The van der Waals surface area contributed by atoms with Gasteiger partial charge in [-0.05, 0) is 26.3 Å². The molecular formula is C20H20N6O3. The minimum atomic E-state index is -0.834. The van der Waals surface area contributed by atoms with Gasteiger partial charge in [-0.3, -0.25) is 9.82 Å². The van der Waals surface area contributed by atoms with E-state index in [9.17, 15) is 4.79 Å².